The molecule has 0 unspecified atom stereocenters. The Balaban J connectivity index is 1.51. The van der Waals surface area contributed by atoms with Crippen molar-refractivity contribution in [3.05, 3.63) is 48.8 Å². The quantitative estimate of drug-likeness (QED) is 0.541. The summed E-state index contributed by atoms with van der Waals surface area (Å²) >= 11 is 1.31. The van der Waals surface area contributed by atoms with Crippen LogP contribution in [0.3, 0.4) is 0 Å². The van der Waals surface area contributed by atoms with Gasteiger partial charge in [-0.25, -0.2) is 0 Å². The van der Waals surface area contributed by atoms with Gasteiger partial charge in [-0.3, -0.25) is 14.6 Å². The second-order valence-electron chi connectivity index (χ2n) is 8.30. The number of carbonyl (C=O) groups is 2. The molecule has 0 bridgehead atoms. The number of benzene rings is 1. The van der Waals surface area contributed by atoms with Gasteiger partial charge in [0.15, 0.2) is 11.0 Å². The first-order chi connectivity index (χ1) is 14.7. The van der Waals surface area contributed by atoms with E-state index in [1.807, 2.05) is 44.5 Å². The monoisotopic (exact) mass is 438 g/mol. The normalized spacial score (nSPS) is 11.2. The van der Waals surface area contributed by atoms with E-state index in [0.29, 0.717) is 23.0 Å². The summed E-state index contributed by atoms with van der Waals surface area (Å²) in [5.41, 5.74) is 2.20. The fourth-order valence-electron chi connectivity index (χ4n) is 2.84. The summed E-state index contributed by atoms with van der Waals surface area (Å²) in [5.74, 6) is 0.736. The molecule has 0 radical (unpaired) electrons. The van der Waals surface area contributed by atoms with Crippen molar-refractivity contribution in [1.82, 2.24) is 19.7 Å². The number of rotatable bonds is 7. The molecule has 3 rings (SSSR count). The second kappa shape index (κ2) is 9.74. The Labute approximate surface area is 185 Å². The molecule has 1 aromatic carbocycles. The van der Waals surface area contributed by atoms with E-state index in [-0.39, 0.29) is 23.0 Å². The summed E-state index contributed by atoms with van der Waals surface area (Å²) in [6.45, 7) is 6.05. The van der Waals surface area contributed by atoms with E-state index in [0.717, 1.165) is 11.4 Å². The van der Waals surface area contributed by atoms with Crippen LogP contribution in [0.25, 0.3) is 11.4 Å². The number of nitrogens with zero attached hydrogens (tertiary/aromatic N) is 4. The highest BCUT2D eigenvalue weighted by Crippen LogP contribution is 2.23. The number of anilines is 2. The van der Waals surface area contributed by atoms with Crippen molar-refractivity contribution in [2.75, 3.05) is 16.4 Å². The number of thioether (sulfide) groups is 1. The lowest BCUT2D eigenvalue weighted by atomic mass is 9.92. The van der Waals surface area contributed by atoms with Gasteiger partial charge in [-0.2, -0.15) is 0 Å². The molecule has 9 heteroatoms. The maximum absolute atomic E-state index is 12.3. The third kappa shape index (κ3) is 6.65. The fraction of sp³-hybridized carbons (Fsp3) is 0.318. The molecule has 162 valence electrons. The van der Waals surface area contributed by atoms with Crippen LogP contribution in [0.5, 0.6) is 0 Å². The van der Waals surface area contributed by atoms with Crippen molar-refractivity contribution in [2.24, 2.45) is 12.5 Å². The van der Waals surface area contributed by atoms with E-state index in [1.165, 1.54) is 11.8 Å². The summed E-state index contributed by atoms with van der Waals surface area (Å²) in [6.07, 6.45) is 3.84. The minimum atomic E-state index is -0.150. The molecule has 31 heavy (non-hydrogen) atoms. The fourth-order valence-corrected chi connectivity index (χ4v) is 3.55. The Kier molecular flexibility index (Phi) is 7.06. The van der Waals surface area contributed by atoms with Gasteiger partial charge in [-0.15, -0.1) is 10.2 Å². The van der Waals surface area contributed by atoms with E-state index < -0.39 is 0 Å². The average molecular weight is 439 g/mol. The van der Waals surface area contributed by atoms with E-state index in [4.69, 9.17) is 0 Å². The van der Waals surface area contributed by atoms with Crippen LogP contribution in [-0.4, -0.2) is 37.3 Å². The molecular formula is C22H26N6O2S. The molecule has 0 atom stereocenters. The molecule has 8 nitrogen and oxygen atoms in total. The van der Waals surface area contributed by atoms with Gasteiger partial charge in [0.1, 0.15) is 0 Å². The first-order valence-corrected chi connectivity index (χ1v) is 10.8. The largest absolute Gasteiger partial charge is 0.326 e. The lowest BCUT2D eigenvalue weighted by molar-refractivity contribution is -0.118. The van der Waals surface area contributed by atoms with Gasteiger partial charge in [0.05, 0.1) is 5.75 Å². The van der Waals surface area contributed by atoms with Crippen molar-refractivity contribution < 1.29 is 9.59 Å². The van der Waals surface area contributed by atoms with Crippen LogP contribution in [-0.2, 0) is 16.6 Å². The zero-order chi connectivity index (χ0) is 22.4. The molecule has 0 saturated heterocycles. The second-order valence-corrected chi connectivity index (χ2v) is 9.24. The Bertz CT molecular complexity index is 1040. The van der Waals surface area contributed by atoms with Crippen molar-refractivity contribution in [2.45, 2.75) is 32.3 Å². The summed E-state index contributed by atoms with van der Waals surface area (Å²) in [5, 5.41) is 14.7. The third-order valence-corrected chi connectivity index (χ3v) is 5.27. The predicted octanol–water partition coefficient (Wildman–Crippen LogP) is 3.98. The van der Waals surface area contributed by atoms with Crippen molar-refractivity contribution in [3.63, 3.8) is 0 Å². The molecule has 0 aliphatic rings. The van der Waals surface area contributed by atoms with Gasteiger partial charge in [0.25, 0.3) is 0 Å². The molecular weight excluding hydrogens is 412 g/mol. The third-order valence-electron chi connectivity index (χ3n) is 4.25. The van der Waals surface area contributed by atoms with Gasteiger partial charge >= 0.3 is 0 Å². The van der Waals surface area contributed by atoms with Gasteiger partial charge in [-0.05, 0) is 41.8 Å². The van der Waals surface area contributed by atoms with Crippen molar-refractivity contribution in [3.8, 4) is 11.4 Å². The summed E-state index contributed by atoms with van der Waals surface area (Å²) < 4.78 is 1.85. The molecule has 0 saturated carbocycles. The summed E-state index contributed by atoms with van der Waals surface area (Å²) in [7, 11) is 1.86. The first kappa shape index (κ1) is 22.5. The van der Waals surface area contributed by atoms with E-state index in [1.54, 1.807) is 36.7 Å². The molecule has 3 aromatic rings. The molecule has 2 N–H and O–H groups in total. The van der Waals surface area contributed by atoms with Gasteiger partial charge in [0.2, 0.25) is 11.8 Å². The average Bonchev–Trinajstić information content (AvgIpc) is 3.07. The lowest BCUT2D eigenvalue weighted by Crippen LogP contribution is -2.19. The molecule has 0 fully saturated rings. The Morgan fingerprint density at radius 2 is 1.52 bits per heavy atom. The Hall–Kier alpha value is -3.20. The molecule has 2 aromatic heterocycles. The van der Waals surface area contributed by atoms with E-state index >= 15 is 0 Å². The molecule has 0 aliphatic heterocycles. The predicted molar refractivity (Wildman–Crippen MR) is 123 cm³/mol. The lowest BCUT2D eigenvalue weighted by Gasteiger charge is -2.17. The zero-order valence-electron chi connectivity index (χ0n) is 18.0. The van der Waals surface area contributed by atoms with Gasteiger partial charge < -0.3 is 15.2 Å². The number of aromatic nitrogens is 4. The number of carbonyl (C=O) groups excluding carboxylic acids is 2. The van der Waals surface area contributed by atoms with Crippen LogP contribution in [0.15, 0.2) is 53.9 Å². The van der Waals surface area contributed by atoms with E-state index in [2.05, 4.69) is 25.8 Å². The summed E-state index contributed by atoms with van der Waals surface area (Å²) in [4.78, 5) is 28.4. The SMILES string of the molecule is Cn1c(SCC(=O)Nc2ccc(NC(=O)CC(C)(C)C)cc2)nnc1-c1ccncc1. The minimum absolute atomic E-state index is 0.0319. The van der Waals surface area contributed by atoms with Crippen molar-refractivity contribution in [1.29, 1.82) is 0 Å². The Morgan fingerprint density at radius 1 is 0.935 bits per heavy atom. The number of hydrogen-bond acceptors (Lipinski definition) is 6. The van der Waals surface area contributed by atoms with Crippen molar-refractivity contribution >= 4 is 35.0 Å². The number of nitrogens with one attached hydrogen (secondary N) is 2. The number of amides is 2. The zero-order valence-corrected chi connectivity index (χ0v) is 18.9. The maximum Gasteiger partial charge on any atom is 0.234 e. The molecule has 2 amide bonds. The van der Waals surface area contributed by atoms with Crippen LogP contribution in [0, 0.1) is 5.41 Å². The maximum atomic E-state index is 12.3. The Morgan fingerprint density at radius 3 is 2.10 bits per heavy atom. The highest BCUT2D eigenvalue weighted by Gasteiger charge is 2.16. The molecule has 0 spiro atoms. The topological polar surface area (TPSA) is 102 Å². The number of pyridine rings is 1. The van der Waals surface area contributed by atoms with Gasteiger partial charge in [-0.1, -0.05) is 32.5 Å². The smallest absolute Gasteiger partial charge is 0.234 e. The summed E-state index contributed by atoms with van der Waals surface area (Å²) in [6, 6.07) is 10.8. The standard InChI is InChI=1S/C22H26N6O2S/c1-22(2,3)13-18(29)24-16-5-7-17(8-6-16)25-19(30)14-31-21-27-26-20(28(21)4)15-9-11-23-12-10-15/h5-12H,13-14H2,1-4H3,(H,24,29)(H,25,30). The van der Waals surface area contributed by atoms with Gasteiger partial charge in [0, 0.05) is 42.8 Å². The molecule has 2 heterocycles. The van der Waals surface area contributed by atoms with Crippen LogP contribution in [0.1, 0.15) is 27.2 Å². The minimum Gasteiger partial charge on any atom is -0.326 e. The highest BCUT2D eigenvalue weighted by atomic mass is 32.2. The van der Waals surface area contributed by atoms with Crippen LogP contribution in [0.2, 0.25) is 0 Å². The van der Waals surface area contributed by atoms with Crippen LogP contribution < -0.4 is 10.6 Å². The van der Waals surface area contributed by atoms with E-state index in [9.17, 15) is 9.59 Å². The van der Waals surface area contributed by atoms with Crippen LogP contribution >= 0.6 is 11.8 Å². The molecule has 0 aliphatic carbocycles. The first-order valence-electron chi connectivity index (χ1n) is 9.84. The highest BCUT2D eigenvalue weighted by molar-refractivity contribution is 7.99. The van der Waals surface area contributed by atoms with Crippen LogP contribution in [0.4, 0.5) is 11.4 Å². The number of hydrogen-bond donors (Lipinski definition) is 2.